The molecule has 6 heteroatoms. The molecule has 0 N–H and O–H groups in total. The monoisotopic (exact) mass is 381 g/mol. The Morgan fingerprint density at radius 2 is 1.86 bits per heavy atom. The highest BCUT2D eigenvalue weighted by Crippen LogP contribution is 2.28. The zero-order chi connectivity index (χ0) is 19.9. The first-order valence-corrected chi connectivity index (χ1v) is 9.07. The van der Waals surface area contributed by atoms with E-state index >= 15 is 0 Å². The maximum Gasteiger partial charge on any atom is 0.331 e. The lowest BCUT2D eigenvalue weighted by Gasteiger charge is -2.29. The molecule has 0 bridgehead atoms. The van der Waals surface area contributed by atoms with Gasteiger partial charge in [-0.1, -0.05) is 24.3 Å². The van der Waals surface area contributed by atoms with Crippen molar-refractivity contribution in [1.29, 1.82) is 0 Å². The van der Waals surface area contributed by atoms with Crippen LogP contribution in [0, 0.1) is 0 Å². The number of hydrogen-bond donors (Lipinski definition) is 0. The summed E-state index contributed by atoms with van der Waals surface area (Å²) in [7, 11) is 3.10. The van der Waals surface area contributed by atoms with Crippen LogP contribution in [-0.4, -0.2) is 39.2 Å². The van der Waals surface area contributed by atoms with Gasteiger partial charge in [0.05, 0.1) is 14.2 Å². The summed E-state index contributed by atoms with van der Waals surface area (Å²) in [6, 6.07) is 13.1. The first-order chi connectivity index (χ1) is 13.6. The summed E-state index contributed by atoms with van der Waals surface area (Å²) in [4.78, 5) is 26.2. The van der Waals surface area contributed by atoms with Gasteiger partial charge in [-0.05, 0) is 48.2 Å². The predicted octanol–water partition coefficient (Wildman–Crippen LogP) is 3.24. The topological polar surface area (TPSA) is 65.1 Å². The number of anilines is 1. The van der Waals surface area contributed by atoms with Crippen LogP contribution >= 0.6 is 0 Å². The van der Waals surface area contributed by atoms with Crippen LogP contribution in [0.15, 0.2) is 48.5 Å². The molecule has 2 aromatic rings. The van der Waals surface area contributed by atoms with Crippen molar-refractivity contribution < 1.29 is 23.8 Å². The number of fused-ring (bicyclic) bond motifs is 1. The number of methoxy groups -OCH3 is 2. The van der Waals surface area contributed by atoms with Gasteiger partial charge < -0.3 is 19.1 Å². The Hall–Kier alpha value is -3.28. The number of esters is 1. The molecule has 0 spiro atoms. The first-order valence-electron chi connectivity index (χ1n) is 9.07. The minimum absolute atomic E-state index is 0.222. The molecule has 0 aliphatic carbocycles. The van der Waals surface area contributed by atoms with Gasteiger partial charge in [0.25, 0.3) is 5.91 Å². The Balaban J connectivity index is 1.57. The summed E-state index contributed by atoms with van der Waals surface area (Å²) >= 11 is 0. The molecule has 0 unspecified atom stereocenters. The van der Waals surface area contributed by atoms with Gasteiger partial charge in [0.1, 0.15) is 0 Å². The average molecular weight is 381 g/mol. The zero-order valence-electron chi connectivity index (χ0n) is 16.0. The molecule has 1 aliphatic heterocycles. The lowest BCUT2D eigenvalue weighted by Crippen LogP contribution is -2.38. The van der Waals surface area contributed by atoms with E-state index in [4.69, 9.17) is 14.2 Å². The second-order valence-electron chi connectivity index (χ2n) is 6.33. The van der Waals surface area contributed by atoms with Crippen LogP contribution in [0.5, 0.6) is 11.5 Å². The van der Waals surface area contributed by atoms with Crippen LogP contribution in [0.3, 0.4) is 0 Å². The fourth-order valence-electron chi connectivity index (χ4n) is 3.17. The van der Waals surface area contributed by atoms with E-state index in [1.165, 1.54) is 6.08 Å². The molecule has 0 saturated heterocycles. The van der Waals surface area contributed by atoms with Gasteiger partial charge in [0, 0.05) is 18.3 Å². The van der Waals surface area contributed by atoms with Crippen LogP contribution in [0.1, 0.15) is 17.5 Å². The minimum atomic E-state index is -0.576. The van der Waals surface area contributed by atoms with Crippen molar-refractivity contribution in [3.05, 3.63) is 59.7 Å². The number of nitrogens with zero attached hydrogens (tertiary/aromatic N) is 1. The Kier molecular flexibility index (Phi) is 6.32. The molecule has 0 fully saturated rings. The van der Waals surface area contributed by atoms with Gasteiger partial charge in [0.2, 0.25) is 0 Å². The van der Waals surface area contributed by atoms with Crippen LogP contribution in [0.25, 0.3) is 6.08 Å². The van der Waals surface area contributed by atoms with Crippen molar-refractivity contribution in [3.8, 4) is 11.5 Å². The van der Waals surface area contributed by atoms with E-state index in [1.54, 1.807) is 43.4 Å². The highest BCUT2D eigenvalue weighted by molar-refractivity contribution is 5.97. The Bertz CT molecular complexity index is 890. The second-order valence-corrected chi connectivity index (χ2v) is 6.33. The van der Waals surface area contributed by atoms with Crippen molar-refractivity contribution in [2.75, 3.05) is 32.3 Å². The predicted molar refractivity (Wildman–Crippen MR) is 107 cm³/mol. The van der Waals surface area contributed by atoms with E-state index in [1.807, 2.05) is 24.3 Å². The second kappa shape index (κ2) is 9.08. The highest BCUT2D eigenvalue weighted by atomic mass is 16.5. The van der Waals surface area contributed by atoms with Crippen molar-refractivity contribution in [3.63, 3.8) is 0 Å². The summed E-state index contributed by atoms with van der Waals surface area (Å²) < 4.78 is 15.5. The Labute approximate surface area is 164 Å². The Morgan fingerprint density at radius 1 is 1.07 bits per heavy atom. The SMILES string of the molecule is COc1ccc(/C=C/C(=O)OCC(=O)N2CCCc3ccccc32)cc1OC. The largest absolute Gasteiger partial charge is 0.493 e. The summed E-state index contributed by atoms with van der Waals surface area (Å²) in [6.45, 7) is 0.346. The lowest BCUT2D eigenvalue weighted by atomic mass is 10.0. The number of ether oxygens (including phenoxy) is 3. The molecule has 0 aromatic heterocycles. The number of aryl methyl sites for hydroxylation is 1. The third-order valence-corrected chi connectivity index (χ3v) is 4.57. The fraction of sp³-hybridized carbons (Fsp3) is 0.273. The number of para-hydroxylation sites is 1. The van der Waals surface area contributed by atoms with E-state index in [2.05, 4.69) is 0 Å². The number of amides is 1. The summed E-state index contributed by atoms with van der Waals surface area (Å²) in [6.07, 6.45) is 4.74. The number of hydrogen-bond acceptors (Lipinski definition) is 5. The normalized spacial score (nSPS) is 13.1. The van der Waals surface area contributed by atoms with E-state index < -0.39 is 5.97 Å². The maximum atomic E-state index is 12.5. The van der Waals surface area contributed by atoms with E-state index in [0.717, 1.165) is 29.7 Å². The van der Waals surface area contributed by atoms with Gasteiger partial charge in [-0.15, -0.1) is 0 Å². The van der Waals surface area contributed by atoms with Crippen molar-refractivity contribution in [2.24, 2.45) is 0 Å². The van der Waals surface area contributed by atoms with Crippen molar-refractivity contribution >= 4 is 23.6 Å². The number of carbonyl (C=O) groups is 2. The highest BCUT2D eigenvalue weighted by Gasteiger charge is 2.22. The van der Waals surface area contributed by atoms with Crippen molar-refractivity contribution in [1.82, 2.24) is 0 Å². The van der Waals surface area contributed by atoms with E-state index in [0.29, 0.717) is 18.0 Å². The molecule has 146 valence electrons. The molecule has 28 heavy (non-hydrogen) atoms. The number of rotatable bonds is 6. The van der Waals surface area contributed by atoms with Crippen LogP contribution in [0.4, 0.5) is 5.69 Å². The lowest BCUT2D eigenvalue weighted by molar-refractivity contribution is -0.142. The van der Waals surface area contributed by atoms with Gasteiger partial charge >= 0.3 is 5.97 Å². The van der Waals surface area contributed by atoms with E-state index in [-0.39, 0.29) is 12.5 Å². The molecule has 1 heterocycles. The summed E-state index contributed by atoms with van der Waals surface area (Å²) in [5, 5.41) is 0. The average Bonchev–Trinajstić information content (AvgIpc) is 2.75. The quantitative estimate of drug-likeness (QED) is 0.568. The van der Waals surface area contributed by atoms with Crippen molar-refractivity contribution in [2.45, 2.75) is 12.8 Å². The molecule has 0 atom stereocenters. The first kappa shape index (κ1) is 19.5. The van der Waals surface area contributed by atoms with Gasteiger partial charge in [-0.3, -0.25) is 4.79 Å². The van der Waals surface area contributed by atoms with Gasteiger partial charge in [-0.25, -0.2) is 4.79 Å². The molecule has 0 saturated carbocycles. The molecule has 6 nitrogen and oxygen atoms in total. The van der Waals surface area contributed by atoms with Crippen LogP contribution in [-0.2, 0) is 20.7 Å². The van der Waals surface area contributed by atoms with Crippen LogP contribution in [0.2, 0.25) is 0 Å². The summed E-state index contributed by atoms with van der Waals surface area (Å²) in [5.41, 5.74) is 2.79. The molecule has 2 aromatic carbocycles. The fourth-order valence-corrected chi connectivity index (χ4v) is 3.17. The third kappa shape index (κ3) is 4.52. The molecule has 1 aliphatic rings. The molecule has 0 radical (unpaired) electrons. The number of benzene rings is 2. The third-order valence-electron chi connectivity index (χ3n) is 4.57. The molecule has 1 amide bonds. The summed E-state index contributed by atoms with van der Waals surface area (Å²) in [5.74, 6) is 0.375. The molecular weight excluding hydrogens is 358 g/mol. The molecular formula is C22H23NO5. The van der Waals surface area contributed by atoms with E-state index in [9.17, 15) is 9.59 Å². The van der Waals surface area contributed by atoms with Gasteiger partial charge in [0.15, 0.2) is 18.1 Å². The smallest absolute Gasteiger partial charge is 0.331 e. The van der Waals surface area contributed by atoms with Crippen LogP contribution < -0.4 is 14.4 Å². The Morgan fingerprint density at radius 3 is 2.64 bits per heavy atom. The molecule has 3 rings (SSSR count). The maximum absolute atomic E-state index is 12.5. The number of carbonyl (C=O) groups excluding carboxylic acids is 2. The zero-order valence-corrected chi connectivity index (χ0v) is 16.0. The minimum Gasteiger partial charge on any atom is -0.493 e. The van der Waals surface area contributed by atoms with Gasteiger partial charge in [-0.2, -0.15) is 0 Å². The standard InChI is InChI=1S/C22H23NO5/c1-26-19-11-9-16(14-20(19)27-2)10-12-22(25)28-15-21(24)23-13-5-7-17-6-3-4-8-18(17)23/h3-4,6,8-12,14H,5,7,13,15H2,1-2H3/b12-10+.